The molecular formula is C17H25BrN2O. The van der Waals surface area contributed by atoms with Crippen molar-refractivity contribution in [2.75, 3.05) is 13.1 Å². The second-order valence-corrected chi connectivity index (χ2v) is 6.98. The molecule has 0 aromatic heterocycles. The average Bonchev–Trinajstić information content (AvgIpc) is 2.48. The molecule has 1 heterocycles. The molecule has 0 radical (unpaired) electrons. The van der Waals surface area contributed by atoms with E-state index < -0.39 is 0 Å². The molecule has 1 aliphatic heterocycles. The van der Waals surface area contributed by atoms with E-state index in [1.54, 1.807) is 0 Å². The van der Waals surface area contributed by atoms with Crippen molar-refractivity contribution in [2.24, 2.45) is 5.41 Å². The molecule has 0 aliphatic carbocycles. The minimum absolute atomic E-state index is 0.0330. The van der Waals surface area contributed by atoms with Gasteiger partial charge in [-0.15, -0.1) is 0 Å². The first-order chi connectivity index (χ1) is 10.1. The Morgan fingerprint density at radius 1 is 1.52 bits per heavy atom. The standard InChI is InChI=1S/C17H25BrN2O/c1-3-8-17(9-5-10-19-12-17)16(21)20-13(2)14-6-4-7-15(18)11-14/h4,6-7,11,13,19H,3,5,8-10,12H2,1-2H3,(H,20,21)/t13-,17?/m1/s1. The summed E-state index contributed by atoms with van der Waals surface area (Å²) in [6.45, 7) is 6.04. The van der Waals surface area contributed by atoms with Crippen molar-refractivity contribution in [1.82, 2.24) is 10.6 Å². The maximum Gasteiger partial charge on any atom is 0.227 e. The van der Waals surface area contributed by atoms with Crippen LogP contribution in [0.1, 0.15) is 51.1 Å². The summed E-state index contributed by atoms with van der Waals surface area (Å²) in [7, 11) is 0. The summed E-state index contributed by atoms with van der Waals surface area (Å²) in [4.78, 5) is 12.8. The molecule has 1 fully saturated rings. The Bertz CT molecular complexity index is 478. The van der Waals surface area contributed by atoms with Gasteiger partial charge in [0.05, 0.1) is 11.5 Å². The molecule has 2 N–H and O–H groups in total. The number of carbonyl (C=O) groups is 1. The van der Waals surface area contributed by atoms with Crippen LogP contribution in [0.3, 0.4) is 0 Å². The van der Waals surface area contributed by atoms with Crippen molar-refractivity contribution in [1.29, 1.82) is 0 Å². The first-order valence-electron chi connectivity index (χ1n) is 7.84. The smallest absolute Gasteiger partial charge is 0.227 e. The van der Waals surface area contributed by atoms with Crippen LogP contribution in [-0.2, 0) is 4.79 Å². The SMILES string of the molecule is CCCC1(C(=O)N[C@H](C)c2cccc(Br)c2)CCCNC1. The predicted octanol–water partition coefficient (Wildman–Crippen LogP) is 3.80. The van der Waals surface area contributed by atoms with Gasteiger partial charge in [0.2, 0.25) is 5.91 Å². The van der Waals surface area contributed by atoms with Crippen molar-refractivity contribution in [2.45, 2.75) is 45.6 Å². The van der Waals surface area contributed by atoms with E-state index in [0.717, 1.165) is 48.8 Å². The van der Waals surface area contributed by atoms with E-state index in [1.165, 1.54) is 0 Å². The Labute approximate surface area is 136 Å². The van der Waals surface area contributed by atoms with Crippen LogP contribution in [0.5, 0.6) is 0 Å². The van der Waals surface area contributed by atoms with Gasteiger partial charge in [-0.25, -0.2) is 0 Å². The van der Waals surface area contributed by atoms with Gasteiger partial charge in [-0.3, -0.25) is 4.79 Å². The van der Waals surface area contributed by atoms with Gasteiger partial charge >= 0.3 is 0 Å². The van der Waals surface area contributed by atoms with Gasteiger partial charge < -0.3 is 10.6 Å². The first kappa shape index (κ1) is 16.5. The van der Waals surface area contributed by atoms with Crippen LogP contribution in [-0.4, -0.2) is 19.0 Å². The van der Waals surface area contributed by atoms with Gasteiger partial charge in [0.15, 0.2) is 0 Å². The predicted molar refractivity (Wildman–Crippen MR) is 90.1 cm³/mol. The Kier molecular flexibility index (Phi) is 5.82. The highest BCUT2D eigenvalue weighted by Gasteiger charge is 2.39. The number of rotatable bonds is 5. The topological polar surface area (TPSA) is 41.1 Å². The van der Waals surface area contributed by atoms with Crippen LogP contribution in [0.25, 0.3) is 0 Å². The fourth-order valence-corrected chi connectivity index (χ4v) is 3.59. The highest BCUT2D eigenvalue weighted by molar-refractivity contribution is 9.10. The number of halogens is 1. The lowest BCUT2D eigenvalue weighted by molar-refractivity contribution is -0.133. The largest absolute Gasteiger partial charge is 0.349 e. The third kappa shape index (κ3) is 4.07. The van der Waals surface area contributed by atoms with Crippen molar-refractivity contribution >= 4 is 21.8 Å². The lowest BCUT2D eigenvalue weighted by Crippen LogP contribution is -2.50. The van der Waals surface area contributed by atoms with Crippen LogP contribution in [0.15, 0.2) is 28.7 Å². The summed E-state index contributed by atoms with van der Waals surface area (Å²) in [5, 5.41) is 6.61. The summed E-state index contributed by atoms with van der Waals surface area (Å²) in [5.41, 5.74) is 0.904. The normalized spacial score (nSPS) is 23.6. The van der Waals surface area contributed by atoms with E-state index in [9.17, 15) is 4.79 Å². The molecule has 116 valence electrons. The summed E-state index contributed by atoms with van der Waals surface area (Å²) in [6, 6.07) is 8.16. The maximum atomic E-state index is 12.8. The molecule has 0 bridgehead atoms. The van der Waals surface area contributed by atoms with Gasteiger partial charge in [0, 0.05) is 11.0 Å². The van der Waals surface area contributed by atoms with Crippen molar-refractivity contribution in [3.8, 4) is 0 Å². The minimum atomic E-state index is -0.229. The highest BCUT2D eigenvalue weighted by Crippen LogP contribution is 2.32. The van der Waals surface area contributed by atoms with Gasteiger partial charge in [0.1, 0.15) is 0 Å². The van der Waals surface area contributed by atoms with E-state index in [2.05, 4.69) is 52.5 Å². The van der Waals surface area contributed by atoms with E-state index in [-0.39, 0.29) is 17.4 Å². The van der Waals surface area contributed by atoms with Crippen LogP contribution < -0.4 is 10.6 Å². The van der Waals surface area contributed by atoms with Crippen molar-refractivity contribution in [3.63, 3.8) is 0 Å². The number of nitrogens with one attached hydrogen (secondary N) is 2. The van der Waals surface area contributed by atoms with Crippen molar-refractivity contribution in [3.05, 3.63) is 34.3 Å². The lowest BCUT2D eigenvalue weighted by atomic mass is 9.76. The van der Waals surface area contributed by atoms with Crippen LogP contribution >= 0.6 is 15.9 Å². The molecule has 2 atom stereocenters. The monoisotopic (exact) mass is 352 g/mol. The molecule has 0 saturated carbocycles. The molecule has 1 aliphatic rings. The van der Waals surface area contributed by atoms with E-state index >= 15 is 0 Å². The number of carbonyl (C=O) groups excluding carboxylic acids is 1. The molecule has 1 unspecified atom stereocenters. The number of amides is 1. The van der Waals surface area contributed by atoms with Crippen LogP contribution in [0.2, 0.25) is 0 Å². The molecular weight excluding hydrogens is 328 g/mol. The van der Waals surface area contributed by atoms with Gasteiger partial charge in [-0.05, 0) is 50.4 Å². The van der Waals surface area contributed by atoms with Gasteiger partial charge in [-0.1, -0.05) is 41.4 Å². The van der Waals surface area contributed by atoms with E-state index in [1.807, 2.05) is 12.1 Å². The van der Waals surface area contributed by atoms with Gasteiger partial charge in [0.25, 0.3) is 0 Å². The summed E-state index contributed by atoms with van der Waals surface area (Å²) in [6.07, 6.45) is 4.07. The Morgan fingerprint density at radius 2 is 2.33 bits per heavy atom. The quantitative estimate of drug-likeness (QED) is 0.846. The zero-order chi connectivity index (χ0) is 15.3. The third-order valence-corrected chi connectivity index (χ3v) is 4.87. The number of hydrogen-bond acceptors (Lipinski definition) is 2. The lowest BCUT2D eigenvalue weighted by Gasteiger charge is -2.37. The Balaban J connectivity index is 2.07. The molecule has 1 amide bonds. The molecule has 0 spiro atoms. The average molecular weight is 353 g/mol. The second-order valence-electron chi connectivity index (χ2n) is 6.06. The molecule has 1 aromatic rings. The molecule has 2 rings (SSSR count). The number of piperidine rings is 1. The van der Waals surface area contributed by atoms with E-state index in [4.69, 9.17) is 0 Å². The molecule has 21 heavy (non-hydrogen) atoms. The highest BCUT2D eigenvalue weighted by atomic mass is 79.9. The molecule has 4 heteroatoms. The zero-order valence-electron chi connectivity index (χ0n) is 12.9. The first-order valence-corrected chi connectivity index (χ1v) is 8.64. The van der Waals surface area contributed by atoms with Crippen LogP contribution in [0.4, 0.5) is 0 Å². The maximum absolute atomic E-state index is 12.8. The second kappa shape index (κ2) is 7.41. The molecule has 1 saturated heterocycles. The van der Waals surface area contributed by atoms with Gasteiger partial charge in [-0.2, -0.15) is 0 Å². The summed E-state index contributed by atoms with van der Waals surface area (Å²) in [5.74, 6) is 0.198. The summed E-state index contributed by atoms with van der Waals surface area (Å²) >= 11 is 3.49. The Morgan fingerprint density at radius 3 is 2.95 bits per heavy atom. The Hall–Kier alpha value is -0.870. The zero-order valence-corrected chi connectivity index (χ0v) is 14.5. The van der Waals surface area contributed by atoms with E-state index in [0.29, 0.717) is 0 Å². The molecule has 1 aromatic carbocycles. The fourth-order valence-electron chi connectivity index (χ4n) is 3.18. The summed E-state index contributed by atoms with van der Waals surface area (Å²) < 4.78 is 1.05. The number of hydrogen-bond donors (Lipinski definition) is 2. The third-order valence-electron chi connectivity index (χ3n) is 4.38. The fraction of sp³-hybridized carbons (Fsp3) is 0.588. The van der Waals surface area contributed by atoms with Crippen LogP contribution in [0, 0.1) is 5.41 Å². The van der Waals surface area contributed by atoms with Crippen molar-refractivity contribution < 1.29 is 4.79 Å². The number of benzene rings is 1. The molecule has 3 nitrogen and oxygen atoms in total. The minimum Gasteiger partial charge on any atom is -0.349 e.